The molecule has 2 aromatic rings. The van der Waals surface area contributed by atoms with Gasteiger partial charge in [0.05, 0.1) is 11.3 Å². The molecule has 0 atom stereocenters. The van der Waals surface area contributed by atoms with Gasteiger partial charge in [-0.3, -0.25) is 0 Å². The second-order valence-electron chi connectivity index (χ2n) is 3.95. The van der Waals surface area contributed by atoms with Crippen LogP contribution in [0.4, 0.5) is 5.69 Å². The van der Waals surface area contributed by atoms with Gasteiger partial charge in [-0.05, 0) is 40.6 Å². The van der Waals surface area contributed by atoms with Gasteiger partial charge in [0.25, 0.3) is 0 Å². The normalized spacial score (nSPS) is 10.3. The molecule has 0 aliphatic rings. The lowest BCUT2D eigenvalue weighted by Crippen LogP contribution is -2.19. The van der Waals surface area contributed by atoms with E-state index < -0.39 is 5.97 Å². The molecule has 0 bridgehead atoms. The second kappa shape index (κ2) is 5.42. The Morgan fingerprint density at radius 2 is 2.22 bits per heavy atom. The predicted octanol–water partition coefficient (Wildman–Crippen LogP) is 3.74. The average molecular weight is 282 g/mol. The van der Waals surface area contributed by atoms with E-state index in [1.54, 1.807) is 23.5 Å². The molecule has 0 aliphatic heterocycles. The Labute approximate surface area is 114 Å². The Balaban J connectivity index is 2.29. The molecule has 5 heteroatoms. The molecule has 0 aliphatic carbocycles. The van der Waals surface area contributed by atoms with Crippen LogP contribution in [-0.4, -0.2) is 18.1 Å². The van der Waals surface area contributed by atoms with Crippen LogP contribution in [0.5, 0.6) is 0 Å². The van der Waals surface area contributed by atoms with Crippen molar-refractivity contribution in [3.63, 3.8) is 0 Å². The summed E-state index contributed by atoms with van der Waals surface area (Å²) in [5, 5.41) is 13.7. The van der Waals surface area contributed by atoms with Crippen molar-refractivity contribution in [2.24, 2.45) is 0 Å². The number of hydrogen-bond acceptors (Lipinski definition) is 3. The number of hydrogen-bond donors (Lipinski definition) is 1. The molecule has 2 rings (SSSR count). The number of carbonyl (C=O) groups is 1. The van der Waals surface area contributed by atoms with E-state index >= 15 is 0 Å². The van der Waals surface area contributed by atoms with Gasteiger partial charge in [0.2, 0.25) is 0 Å². The minimum atomic E-state index is -0.968. The first-order valence-corrected chi connectivity index (χ1v) is 6.65. The van der Waals surface area contributed by atoms with E-state index in [4.69, 9.17) is 11.6 Å². The first-order valence-electron chi connectivity index (χ1n) is 5.33. The third-order valence-corrected chi connectivity index (χ3v) is 3.57. The van der Waals surface area contributed by atoms with Crippen LogP contribution in [0.15, 0.2) is 35.0 Å². The number of aromatic carboxylic acids is 1. The Kier molecular flexibility index (Phi) is 3.89. The van der Waals surface area contributed by atoms with Crippen molar-refractivity contribution < 1.29 is 9.90 Å². The second-order valence-corrected chi connectivity index (χ2v) is 5.17. The van der Waals surface area contributed by atoms with Gasteiger partial charge in [-0.2, -0.15) is 11.3 Å². The van der Waals surface area contributed by atoms with Crippen LogP contribution in [0.3, 0.4) is 0 Å². The zero-order valence-corrected chi connectivity index (χ0v) is 11.3. The summed E-state index contributed by atoms with van der Waals surface area (Å²) in [6, 6.07) is 6.94. The van der Waals surface area contributed by atoms with Crippen LogP contribution in [0.1, 0.15) is 15.9 Å². The molecule has 1 heterocycles. The topological polar surface area (TPSA) is 40.5 Å². The highest BCUT2D eigenvalue weighted by Crippen LogP contribution is 2.25. The fourth-order valence-electron chi connectivity index (χ4n) is 1.75. The summed E-state index contributed by atoms with van der Waals surface area (Å²) < 4.78 is 0. The van der Waals surface area contributed by atoms with Crippen molar-refractivity contribution in [1.82, 2.24) is 0 Å². The Hall–Kier alpha value is -1.52. The molecule has 0 spiro atoms. The van der Waals surface area contributed by atoms with Gasteiger partial charge in [-0.25, -0.2) is 4.79 Å². The molecule has 1 N–H and O–H groups in total. The fourth-order valence-corrected chi connectivity index (χ4v) is 2.59. The lowest BCUT2D eigenvalue weighted by molar-refractivity contribution is 0.0697. The molecule has 0 fully saturated rings. The van der Waals surface area contributed by atoms with Crippen molar-refractivity contribution in [3.05, 3.63) is 51.2 Å². The molecule has 1 aromatic heterocycles. The van der Waals surface area contributed by atoms with E-state index in [9.17, 15) is 9.90 Å². The lowest BCUT2D eigenvalue weighted by Gasteiger charge is -2.20. The molecule has 1 aromatic carbocycles. The highest BCUT2D eigenvalue weighted by Gasteiger charge is 2.14. The number of thiophene rings is 1. The van der Waals surface area contributed by atoms with Crippen molar-refractivity contribution in [3.8, 4) is 0 Å². The fraction of sp³-hybridized carbons (Fsp3) is 0.154. The van der Waals surface area contributed by atoms with Crippen molar-refractivity contribution in [2.75, 3.05) is 11.9 Å². The van der Waals surface area contributed by atoms with E-state index in [2.05, 4.69) is 0 Å². The summed E-state index contributed by atoms with van der Waals surface area (Å²) in [7, 11) is 1.87. The average Bonchev–Trinajstić information content (AvgIpc) is 2.81. The number of nitrogens with zero attached hydrogens (tertiary/aromatic N) is 1. The number of carboxylic acids is 1. The Morgan fingerprint density at radius 1 is 1.44 bits per heavy atom. The van der Waals surface area contributed by atoms with Gasteiger partial charge in [-0.1, -0.05) is 11.6 Å². The maximum absolute atomic E-state index is 11.2. The predicted molar refractivity (Wildman–Crippen MR) is 74.8 cm³/mol. The van der Waals surface area contributed by atoms with Crippen molar-refractivity contribution >= 4 is 34.6 Å². The molecule has 18 heavy (non-hydrogen) atoms. The quantitative estimate of drug-likeness (QED) is 0.928. The molecule has 0 saturated heterocycles. The molecular weight excluding hydrogens is 270 g/mol. The number of benzene rings is 1. The third kappa shape index (κ3) is 2.83. The van der Waals surface area contributed by atoms with Crippen molar-refractivity contribution in [2.45, 2.75) is 6.54 Å². The summed E-state index contributed by atoms with van der Waals surface area (Å²) in [5.74, 6) is -0.968. The first kappa shape index (κ1) is 12.9. The summed E-state index contributed by atoms with van der Waals surface area (Å²) in [5.41, 5.74) is 2.05. The highest BCUT2D eigenvalue weighted by atomic mass is 35.5. The van der Waals surface area contributed by atoms with Crippen LogP contribution in [0.2, 0.25) is 5.02 Å². The molecule has 94 valence electrons. The summed E-state index contributed by atoms with van der Waals surface area (Å²) in [4.78, 5) is 13.1. The van der Waals surface area contributed by atoms with Gasteiger partial charge < -0.3 is 10.0 Å². The summed E-state index contributed by atoms with van der Waals surface area (Å²) >= 11 is 7.45. The molecular formula is C13H12ClNO2S. The molecule has 0 unspecified atom stereocenters. The SMILES string of the molecule is CN(Cc1ccsc1)c1ccc(Cl)cc1C(=O)O. The molecule has 3 nitrogen and oxygen atoms in total. The maximum atomic E-state index is 11.2. The van der Waals surface area contributed by atoms with Crippen LogP contribution in [0, 0.1) is 0 Å². The standard InChI is InChI=1S/C13H12ClNO2S/c1-15(7-9-4-5-18-8-9)12-3-2-10(14)6-11(12)13(16)17/h2-6,8H,7H2,1H3,(H,16,17). The third-order valence-electron chi connectivity index (χ3n) is 2.60. The van der Waals surface area contributed by atoms with Gasteiger partial charge in [0.1, 0.15) is 0 Å². The lowest BCUT2D eigenvalue weighted by atomic mass is 10.1. The van der Waals surface area contributed by atoms with Crippen LogP contribution < -0.4 is 4.90 Å². The summed E-state index contributed by atoms with van der Waals surface area (Å²) in [6.45, 7) is 0.672. The number of halogens is 1. The van der Waals surface area contributed by atoms with Gasteiger partial charge in [-0.15, -0.1) is 0 Å². The minimum Gasteiger partial charge on any atom is -0.478 e. The molecule has 0 saturated carbocycles. The van der Waals surface area contributed by atoms with Gasteiger partial charge in [0.15, 0.2) is 0 Å². The Morgan fingerprint density at radius 3 is 2.83 bits per heavy atom. The highest BCUT2D eigenvalue weighted by molar-refractivity contribution is 7.07. The van der Waals surface area contributed by atoms with E-state index in [1.165, 1.54) is 6.07 Å². The zero-order chi connectivity index (χ0) is 13.1. The monoisotopic (exact) mass is 281 g/mol. The van der Waals surface area contributed by atoms with Crippen LogP contribution in [-0.2, 0) is 6.54 Å². The van der Waals surface area contributed by atoms with E-state index in [-0.39, 0.29) is 5.56 Å². The van der Waals surface area contributed by atoms with Crippen LogP contribution in [0.25, 0.3) is 0 Å². The largest absolute Gasteiger partial charge is 0.478 e. The van der Waals surface area contributed by atoms with E-state index in [1.807, 2.05) is 28.8 Å². The van der Waals surface area contributed by atoms with E-state index in [0.717, 1.165) is 5.56 Å². The Bertz CT molecular complexity index is 554. The first-order chi connectivity index (χ1) is 8.58. The van der Waals surface area contributed by atoms with Gasteiger partial charge in [0, 0.05) is 18.6 Å². The number of rotatable bonds is 4. The molecule has 0 amide bonds. The number of anilines is 1. The zero-order valence-electron chi connectivity index (χ0n) is 9.76. The van der Waals surface area contributed by atoms with E-state index in [0.29, 0.717) is 17.3 Å². The number of carboxylic acid groups (broad SMARTS) is 1. The van der Waals surface area contributed by atoms with Crippen LogP contribution >= 0.6 is 22.9 Å². The van der Waals surface area contributed by atoms with Gasteiger partial charge >= 0.3 is 5.97 Å². The smallest absolute Gasteiger partial charge is 0.337 e. The molecule has 0 radical (unpaired) electrons. The van der Waals surface area contributed by atoms with Crippen molar-refractivity contribution in [1.29, 1.82) is 0 Å². The maximum Gasteiger partial charge on any atom is 0.337 e. The minimum absolute atomic E-state index is 0.222. The summed E-state index contributed by atoms with van der Waals surface area (Å²) in [6.07, 6.45) is 0.